The van der Waals surface area contributed by atoms with Crippen molar-refractivity contribution in [1.29, 1.82) is 0 Å². The summed E-state index contributed by atoms with van der Waals surface area (Å²) in [4.78, 5) is 4.16. The van der Waals surface area contributed by atoms with Crippen molar-refractivity contribution in [2.75, 3.05) is 11.9 Å². The molecule has 2 rings (SSSR count). The highest BCUT2D eigenvalue weighted by Gasteiger charge is 2.06. The van der Waals surface area contributed by atoms with E-state index in [2.05, 4.69) is 17.2 Å². The summed E-state index contributed by atoms with van der Waals surface area (Å²) < 4.78 is 26.0. The van der Waals surface area contributed by atoms with Crippen molar-refractivity contribution in [1.82, 2.24) is 4.98 Å². The molecule has 0 aliphatic heterocycles. The van der Waals surface area contributed by atoms with E-state index < -0.39 is 11.6 Å². The third-order valence-electron chi connectivity index (χ3n) is 2.55. The monoisotopic (exact) mass is 248 g/mol. The van der Waals surface area contributed by atoms with E-state index in [1.165, 1.54) is 6.07 Å². The predicted molar refractivity (Wildman–Crippen MR) is 68.4 cm³/mol. The molecule has 0 spiro atoms. The van der Waals surface area contributed by atoms with Gasteiger partial charge in [0.15, 0.2) is 11.6 Å². The fourth-order valence-electron chi connectivity index (χ4n) is 1.62. The van der Waals surface area contributed by atoms with Crippen LogP contribution in [0.1, 0.15) is 13.3 Å². The van der Waals surface area contributed by atoms with Crippen LogP contribution in [0.15, 0.2) is 36.5 Å². The third kappa shape index (κ3) is 2.83. The Morgan fingerprint density at radius 2 is 1.94 bits per heavy atom. The molecule has 0 unspecified atom stereocenters. The molecule has 0 fully saturated rings. The molecule has 94 valence electrons. The quantitative estimate of drug-likeness (QED) is 0.889. The Kier molecular flexibility index (Phi) is 3.87. The van der Waals surface area contributed by atoms with Gasteiger partial charge in [0.2, 0.25) is 0 Å². The van der Waals surface area contributed by atoms with Crippen LogP contribution in [0.25, 0.3) is 11.3 Å². The van der Waals surface area contributed by atoms with Crippen molar-refractivity contribution >= 4 is 5.69 Å². The number of anilines is 1. The van der Waals surface area contributed by atoms with Crippen molar-refractivity contribution in [3.63, 3.8) is 0 Å². The van der Waals surface area contributed by atoms with Gasteiger partial charge in [0.05, 0.1) is 5.69 Å². The topological polar surface area (TPSA) is 24.9 Å². The van der Waals surface area contributed by atoms with E-state index in [9.17, 15) is 8.78 Å². The summed E-state index contributed by atoms with van der Waals surface area (Å²) in [6.07, 6.45) is 2.66. The third-order valence-corrected chi connectivity index (χ3v) is 2.55. The minimum atomic E-state index is -0.860. The van der Waals surface area contributed by atoms with Gasteiger partial charge in [-0.15, -0.1) is 0 Å². The van der Waals surface area contributed by atoms with Crippen LogP contribution < -0.4 is 5.32 Å². The number of rotatable bonds is 4. The normalized spacial score (nSPS) is 10.4. The van der Waals surface area contributed by atoms with Crippen molar-refractivity contribution in [3.05, 3.63) is 48.2 Å². The van der Waals surface area contributed by atoms with E-state index in [1.54, 1.807) is 6.20 Å². The van der Waals surface area contributed by atoms with Crippen molar-refractivity contribution < 1.29 is 8.78 Å². The second-order valence-corrected chi connectivity index (χ2v) is 3.99. The number of nitrogens with zero attached hydrogens (tertiary/aromatic N) is 1. The van der Waals surface area contributed by atoms with Crippen molar-refractivity contribution in [2.24, 2.45) is 0 Å². The van der Waals surface area contributed by atoms with Gasteiger partial charge in [-0.3, -0.25) is 4.98 Å². The highest BCUT2D eigenvalue weighted by molar-refractivity contribution is 5.63. The molecule has 0 saturated carbocycles. The van der Waals surface area contributed by atoms with Crippen LogP contribution in [0, 0.1) is 11.6 Å². The Hall–Kier alpha value is -1.97. The molecular formula is C14H14F2N2. The van der Waals surface area contributed by atoms with Gasteiger partial charge < -0.3 is 5.32 Å². The zero-order chi connectivity index (χ0) is 13.0. The first kappa shape index (κ1) is 12.5. The fourth-order valence-corrected chi connectivity index (χ4v) is 1.62. The SMILES string of the molecule is CCCNc1ccnc(-c2ccc(F)c(F)c2)c1. The second kappa shape index (κ2) is 5.58. The summed E-state index contributed by atoms with van der Waals surface area (Å²) in [5, 5.41) is 3.22. The fraction of sp³-hybridized carbons (Fsp3) is 0.214. The first-order valence-electron chi connectivity index (χ1n) is 5.86. The number of hydrogen-bond donors (Lipinski definition) is 1. The first-order chi connectivity index (χ1) is 8.70. The van der Waals surface area contributed by atoms with Crippen LogP contribution in [0.2, 0.25) is 0 Å². The number of halogens is 2. The number of hydrogen-bond acceptors (Lipinski definition) is 2. The lowest BCUT2D eigenvalue weighted by atomic mass is 10.1. The van der Waals surface area contributed by atoms with Gasteiger partial charge in [0.1, 0.15) is 0 Å². The summed E-state index contributed by atoms with van der Waals surface area (Å²) >= 11 is 0. The Bertz CT molecular complexity index is 541. The van der Waals surface area contributed by atoms with Crippen LogP contribution in [0.4, 0.5) is 14.5 Å². The minimum absolute atomic E-state index is 0.564. The number of aromatic nitrogens is 1. The highest BCUT2D eigenvalue weighted by atomic mass is 19.2. The maximum absolute atomic E-state index is 13.1. The molecule has 0 aliphatic carbocycles. The Labute approximate surface area is 105 Å². The number of pyridine rings is 1. The summed E-state index contributed by atoms with van der Waals surface area (Å²) in [5.74, 6) is -1.71. The molecule has 4 heteroatoms. The lowest BCUT2D eigenvalue weighted by Crippen LogP contribution is -2.00. The van der Waals surface area contributed by atoms with Gasteiger partial charge >= 0.3 is 0 Å². The van der Waals surface area contributed by atoms with Crippen LogP contribution in [0.3, 0.4) is 0 Å². The molecule has 0 radical (unpaired) electrons. The molecule has 0 aliphatic rings. The van der Waals surface area contributed by atoms with E-state index in [0.29, 0.717) is 11.3 Å². The molecule has 18 heavy (non-hydrogen) atoms. The summed E-state index contributed by atoms with van der Waals surface area (Å²) in [7, 11) is 0. The molecule has 2 aromatic rings. The summed E-state index contributed by atoms with van der Waals surface area (Å²) in [6, 6.07) is 7.45. The highest BCUT2D eigenvalue weighted by Crippen LogP contribution is 2.22. The standard InChI is InChI=1S/C14H14F2N2/c1-2-6-17-11-5-7-18-14(9-11)10-3-4-12(15)13(16)8-10/h3-5,7-9H,2,6H2,1H3,(H,17,18). The van der Waals surface area contributed by atoms with E-state index in [4.69, 9.17) is 0 Å². The minimum Gasteiger partial charge on any atom is -0.385 e. The van der Waals surface area contributed by atoms with Gasteiger partial charge in [0.25, 0.3) is 0 Å². The average molecular weight is 248 g/mol. The van der Waals surface area contributed by atoms with E-state index in [0.717, 1.165) is 30.8 Å². The molecule has 0 saturated heterocycles. The van der Waals surface area contributed by atoms with Crippen LogP contribution in [0.5, 0.6) is 0 Å². The van der Waals surface area contributed by atoms with E-state index in [-0.39, 0.29) is 0 Å². The van der Waals surface area contributed by atoms with Crippen molar-refractivity contribution in [3.8, 4) is 11.3 Å². The molecule has 2 nitrogen and oxygen atoms in total. The summed E-state index contributed by atoms with van der Waals surface area (Å²) in [6.45, 7) is 2.94. The van der Waals surface area contributed by atoms with Gasteiger partial charge in [0, 0.05) is 24.0 Å². The lowest BCUT2D eigenvalue weighted by molar-refractivity contribution is 0.509. The molecule has 1 aromatic heterocycles. The number of benzene rings is 1. The largest absolute Gasteiger partial charge is 0.385 e. The predicted octanol–water partition coefficient (Wildman–Crippen LogP) is 3.85. The second-order valence-electron chi connectivity index (χ2n) is 3.99. The van der Waals surface area contributed by atoms with Crippen molar-refractivity contribution in [2.45, 2.75) is 13.3 Å². The van der Waals surface area contributed by atoms with Crippen LogP contribution in [-0.2, 0) is 0 Å². The van der Waals surface area contributed by atoms with Gasteiger partial charge in [-0.1, -0.05) is 6.92 Å². The Morgan fingerprint density at radius 1 is 1.11 bits per heavy atom. The molecule has 1 N–H and O–H groups in total. The van der Waals surface area contributed by atoms with E-state index in [1.807, 2.05) is 12.1 Å². The van der Waals surface area contributed by atoms with Gasteiger partial charge in [-0.2, -0.15) is 0 Å². The molecule has 0 amide bonds. The molecule has 0 bridgehead atoms. The maximum Gasteiger partial charge on any atom is 0.159 e. The zero-order valence-corrected chi connectivity index (χ0v) is 10.1. The lowest BCUT2D eigenvalue weighted by Gasteiger charge is -2.07. The maximum atomic E-state index is 13.1. The molecule has 0 atom stereocenters. The average Bonchev–Trinajstić information content (AvgIpc) is 2.40. The van der Waals surface area contributed by atoms with Crippen LogP contribution in [-0.4, -0.2) is 11.5 Å². The Morgan fingerprint density at radius 3 is 2.67 bits per heavy atom. The smallest absolute Gasteiger partial charge is 0.159 e. The molecular weight excluding hydrogens is 234 g/mol. The number of nitrogens with one attached hydrogen (secondary N) is 1. The zero-order valence-electron chi connectivity index (χ0n) is 10.1. The Balaban J connectivity index is 2.29. The van der Waals surface area contributed by atoms with Crippen LogP contribution >= 0.6 is 0 Å². The molecule has 1 heterocycles. The van der Waals surface area contributed by atoms with Gasteiger partial charge in [-0.25, -0.2) is 8.78 Å². The summed E-state index contributed by atoms with van der Waals surface area (Å²) in [5.41, 5.74) is 2.11. The van der Waals surface area contributed by atoms with Gasteiger partial charge in [-0.05, 0) is 36.8 Å². The first-order valence-corrected chi connectivity index (χ1v) is 5.86. The molecule has 1 aromatic carbocycles. The van der Waals surface area contributed by atoms with E-state index >= 15 is 0 Å².